The molecular weight excluding hydrogens is 312 g/mol. The number of hydrogen-bond donors (Lipinski definition) is 0. The minimum atomic E-state index is 0.259. The number of hydrogen-bond acceptors (Lipinski definition) is 3. The highest BCUT2D eigenvalue weighted by Gasteiger charge is 2.11. The van der Waals surface area contributed by atoms with Crippen LogP contribution in [-0.4, -0.2) is 6.29 Å². The molecule has 0 aromatic heterocycles. The first-order valence-corrected chi connectivity index (χ1v) is 8.26. The van der Waals surface area contributed by atoms with Crippen LogP contribution in [-0.2, 0) is 24.4 Å². The summed E-state index contributed by atoms with van der Waals surface area (Å²) in [6, 6.07) is 25.5. The van der Waals surface area contributed by atoms with Gasteiger partial charge in [0, 0.05) is 12.0 Å². The number of aldehydes is 1. The van der Waals surface area contributed by atoms with Crippen LogP contribution in [0, 0.1) is 0 Å². The molecule has 0 amide bonds. The fourth-order valence-electron chi connectivity index (χ4n) is 2.57. The van der Waals surface area contributed by atoms with Crippen LogP contribution in [0.15, 0.2) is 78.9 Å². The normalized spacial score (nSPS) is 10.2. The van der Waals surface area contributed by atoms with Crippen molar-refractivity contribution in [2.75, 3.05) is 0 Å². The standard InChI is InChI=1S/C22H20O3/c23-15-14-20-21(24-16-18-8-3-1-4-9-18)12-7-13-22(20)25-17-19-10-5-2-6-11-19/h1-13,15H,14,16-17H2. The Morgan fingerprint density at radius 2 is 1.12 bits per heavy atom. The molecule has 3 heteroatoms. The number of carbonyl (C=O) groups is 1. The molecule has 0 radical (unpaired) electrons. The molecule has 0 fully saturated rings. The summed E-state index contributed by atoms with van der Waals surface area (Å²) in [7, 11) is 0. The van der Waals surface area contributed by atoms with Crippen LogP contribution < -0.4 is 9.47 Å². The lowest BCUT2D eigenvalue weighted by Gasteiger charge is -2.15. The van der Waals surface area contributed by atoms with E-state index in [0.717, 1.165) is 23.0 Å². The van der Waals surface area contributed by atoms with Gasteiger partial charge < -0.3 is 14.3 Å². The Morgan fingerprint density at radius 1 is 0.640 bits per heavy atom. The highest BCUT2D eigenvalue weighted by Crippen LogP contribution is 2.30. The van der Waals surface area contributed by atoms with E-state index in [0.29, 0.717) is 24.7 Å². The molecule has 3 aromatic carbocycles. The fourth-order valence-corrected chi connectivity index (χ4v) is 2.57. The Balaban J connectivity index is 1.75. The van der Waals surface area contributed by atoms with Crippen LogP contribution in [0.1, 0.15) is 16.7 Å². The Hall–Kier alpha value is -3.07. The first kappa shape index (κ1) is 16.8. The van der Waals surface area contributed by atoms with Crippen molar-refractivity contribution in [1.82, 2.24) is 0 Å². The summed E-state index contributed by atoms with van der Waals surface area (Å²) < 4.78 is 11.9. The zero-order chi connectivity index (χ0) is 17.3. The van der Waals surface area contributed by atoms with Crippen molar-refractivity contribution in [3.8, 4) is 11.5 Å². The van der Waals surface area contributed by atoms with Crippen molar-refractivity contribution < 1.29 is 14.3 Å². The molecule has 0 saturated carbocycles. The lowest BCUT2D eigenvalue weighted by atomic mass is 10.1. The molecule has 0 bridgehead atoms. The molecule has 0 aliphatic rings. The van der Waals surface area contributed by atoms with E-state index in [1.807, 2.05) is 78.9 Å². The van der Waals surface area contributed by atoms with Crippen molar-refractivity contribution in [2.45, 2.75) is 19.6 Å². The second-order valence-electron chi connectivity index (χ2n) is 5.65. The molecule has 126 valence electrons. The molecule has 25 heavy (non-hydrogen) atoms. The Bertz CT molecular complexity index is 736. The molecule has 0 saturated heterocycles. The topological polar surface area (TPSA) is 35.5 Å². The van der Waals surface area contributed by atoms with Crippen LogP contribution in [0.5, 0.6) is 11.5 Å². The maximum Gasteiger partial charge on any atom is 0.127 e. The zero-order valence-corrected chi connectivity index (χ0v) is 13.9. The van der Waals surface area contributed by atoms with E-state index in [9.17, 15) is 4.79 Å². The molecule has 0 unspecified atom stereocenters. The van der Waals surface area contributed by atoms with Gasteiger partial charge in [-0.25, -0.2) is 0 Å². The van der Waals surface area contributed by atoms with Crippen LogP contribution >= 0.6 is 0 Å². The third kappa shape index (κ3) is 4.70. The summed E-state index contributed by atoms with van der Waals surface area (Å²) in [5, 5.41) is 0. The highest BCUT2D eigenvalue weighted by molar-refractivity contribution is 5.61. The lowest BCUT2D eigenvalue weighted by Crippen LogP contribution is -2.03. The molecule has 3 nitrogen and oxygen atoms in total. The maximum absolute atomic E-state index is 11.1. The molecule has 0 N–H and O–H groups in total. The van der Waals surface area contributed by atoms with Gasteiger partial charge >= 0.3 is 0 Å². The van der Waals surface area contributed by atoms with Crippen LogP contribution in [0.2, 0.25) is 0 Å². The zero-order valence-electron chi connectivity index (χ0n) is 13.9. The highest BCUT2D eigenvalue weighted by atomic mass is 16.5. The Morgan fingerprint density at radius 3 is 1.56 bits per heavy atom. The summed E-state index contributed by atoms with van der Waals surface area (Å²) in [5.41, 5.74) is 2.94. The van der Waals surface area contributed by atoms with Gasteiger partial charge in [-0.15, -0.1) is 0 Å². The van der Waals surface area contributed by atoms with E-state index >= 15 is 0 Å². The van der Waals surface area contributed by atoms with Gasteiger partial charge in [-0.1, -0.05) is 66.7 Å². The Labute approximate surface area is 147 Å². The predicted octanol–water partition coefficient (Wildman–Crippen LogP) is 4.59. The summed E-state index contributed by atoms with van der Waals surface area (Å²) in [6.45, 7) is 0.906. The van der Waals surface area contributed by atoms with Gasteiger partial charge in [0.15, 0.2) is 0 Å². The summed E-state index contributed by atoms with van der Waals surface area (Å²) >= 11 is 0. The summed E-state index contributed by atoms with van der Waals surface area (Å²) in [5.74, 6) is 1.36. The first-order valence-electron chi connectivity index (χ1n) is 8.26. The van der Waals surface area contributed by atoms with E-state index < -0.39 is 0 Å². The van der Waals surface area contributed by atoms with Crippen molar-refractivity contribution in [1.29, 1.82) is 0 Å². The average molecular weight is 332 g/mol. The molecule has 3 rings (SSSR count). The number of rotatable bonds is 8. The van der Waals surface area contributed by atoms with E-state index in [1.54, 1.807) is 0 Å². The monoisotopic (exact) mass is 332 g/mol. The van der Waals surface area contributed by atoms with E-state index in [1.165, 1.54) is 0 Å². The maximum atomic E-state index is 11.1. The van der Waals surface area contributed by atoms with E-state index in [4.69, 9.17) is 9.47 Å². The third-order valence-corrected chi connectivity index (χ3v) is 3.85. The van der Waals surface area contributed by atoms with Gasteiger partial charge in [0.05, 0.1) is 0 Å². The number of carbonyl (C=O) groups excluding carboxylic acids is 1. The average Bonchev–Trinajstić information content (AvgIpc) is 2.68. The second kappa shape index (κ2) is 8.69. The largest absolute Gasteiger partial charge is 0.488 e. The van der Waals surface area contributed by atoms with Gasteiger partial charge in [0.2, 0.25) is 0 Å². The van der Waals surface area contributed by atoms with E-state index in [2.05, 4.69) is 0 Å². The predicted molar refractivity (Wildman–Crippen MR) is 97.8 cm³/mol. The minimum absolute atomic E-state index is 0.259. The van der Waals surface area contributed by atoms with Gasteiger partial charge in [-0.2, -0.15) is 0 Å². The third-order valence-electron chi connectivity index (χ3n) is 3.85. The van der Waals surface area contributed by atoms with Crippen molar-refractivity contribution >= 4 is 6.29 Å². The molecule has 0 aliphatic carbocycles. The quantitative estimate of drug-likeness (QED) is 0.566. The second-order valence-corrected chi connectivity index (χ2v) is 5.65. The van der Waals surface area contributed by atoms with E-state index in [-0.39, 0.29) is 6.42 Å². The van der Waals surface area contributed by atoms with Crippen LogP contribution in [0.3, 0.4) is 0 Å². The molecule has 0 atom stereocenters. The number of benzene rings is 3. The summed E-state index contributed by atoms with van der Waals surface area (Å²) in [6.07, 6.45) is 1.13. The van der Waals surface area contributed by atoms with Gasteiger partial charge in [0.1, 0.15) is 31.0 Å². The minimum Gasteiger partial charge on any atom is -0.488 e. The smallest absolute Gasteiger partial charge is 0.127 e. The summed E-state index contributed by atoms with van der Waals surface area (Å²) in [4.78, 5) is 11.1. The number of ether oxygens (including phenoxy) is 2. The van der Waals surface area contributed by atoms with Crippen molar-refractivity contribution in [2.24, 2.45) is 0 Å². The molecule has 0 aliphatic heterocycles. The van der Waals surface area contributed by atoms with Crippen molar-refractivity contribution in [3.63, 3.8) is 0 Å². The molecular formula is C22H20O3. The molecule has 3 aromatic rings. The fraction of sp³-hybridized carbons (Fsp3) is 0.136. The molecule has 0 spiro atoms. The Kier molecular flexibility index (Phi) is 5.83. The van der Waals surface area contributed by atoms with Crippen molar-refractivity contribution in [3.05, 3.63) is 95.6 Å². The lowest BCUT2D eigenvalue weighted by molar-refractivity contribution is -0.107. The van der Waals surface area contributed by atoms with Crippen LogP contribution in [0.25, 0.3) is 0 Å². The molecule has 0 heterocycles. The van der Waals surface area contributed by atoms with Gasteiger partial charge in [-0.05, 0) is 23.3 Å². The van der Waals surface area contributed by atoms with Crippen LogP contribution in [0.4, 0.5) is 0 Å². The first-order chi connectivity index (χ1) is 12.4. The van der Waals surface area contributed by atoms with Gasteiger partial charge in [0.25, 0.3) is 0 Å². The van der Waals surface area contributed by atoms with Gasteiger partial charge in [-0.3, -0.25) is 0 Å². The SMILES string of the molecule is O=CCc1c(OCc2ccccc2)cccc1OCc1ccccc1.